The second-order valence-corrected chi connectivity index (χ2v) is 6.09. The van der Waals surface area contributed by atoms with E-state index >= 15 is 0 Å². The fourth-order valence-corrected chi connectivity index (χ4v) is 2.93. The third-order valence-corrected chi connectivity index (χ3v) is 4.09. The lowest BCUT2D eigenvalue weighted by molar-refractivity contribution is -0.111. The molecule has 5 heteroatoms. The van der Waals surface area contributed by atoms with Gasteiger partial charge in [-0.05, 0) is 42.5 Å². The highest BCUT2D eigenvalue weighted by Crippen LogP contribution is 2.23. The van der Waals surface area contributed by atoms with Crippen molar-refractivity contribution in [2.75, 3.05) is 5.32 Å². The number of amides is 1. The number of hydrogen-bond donors (Lipinski definition) is 1. The van der Waals surface area contributed by atoms with Crippen molar-refractivity contribution >= 4 is 51.5 Å². The van der Waals surface area contributed by atoms with Crippen LogP contribution in [0, 0.1) is 0 Å². The van der Waals surface area contributed by atoms with Gasteiger partial charge in [-0.15, -0.1) is 11.3 Å². The zero-order valence-electron chi connectivity index (χ0n) is 10.9. The zero-order chi connectivity index (χ0) is 14.7. The molecule has 0 atom stereocenters. The van der Waals surface area contributed by atoms with Gasteiger partial charge in [-0.25, -0.2) is 0 Å². The summed E-state index contributed by atoms with van der Waals surface area (Å²) in [5.41, 5.74) is 1.60. The number of carbonyl (C=O) groups is 1. The minimum absolute atomic E-state index is 0.184. The van der Waals surface area contributed by atoms with Crippen LogP contribution in [0.15, 0.2) is 54.7 Å². The van der Waals surface area contributed by atoms with Crippen molar-refractivity contribution in [3.05, 3.63) is 64.0 Å². The van der Waals surface area contributed by atoms with Gasteiger partial charge in [-0.1, -0.05) is 17.7 Å². The van der Waals surface area contributed by atoms with Crippen LogP contribution in [0.3, 0.4) is 0 Å². The zero-order valence-corrected chi connectivity index (χ0v) is 12.5. The molecule has 2 aromatic heterocycles. The number of anilines is 1. The Bertz CT molecular complexity index is 821. The molecular weight excluding hydrogens is 304 g/mol. The summed E-state index contributed by atoms with van der Waals surface area (Å²) in [5, 5.41) is 3.79. The molecule has 0 aliphatic rings. The average Bonchev–Trinajstić information content (AvgIpc) is 2.91. The van der Waals surface area contributed by atoms with Crippen molar-refractivity contribution in [3.8, 4) is 0 Å². The summed E-state index contributed by atoms with van der Waals surface area (Å²) in [5.74, 6) is -0.184. The third-order valence-electron chi connectivity index (χ3n) is 2.90. The Labute approximate surface area is 130 Å². The smallest absolute Gasteiger partial charge is 0.248 e. The van der Waals surface area contributed by atoms with Crippen LogP contribution in [-0.4, -0.2) is 10.9 Å². The minimum atomic E-state index is -0.184. The second kappa shape index (κ2) is 6.08. The van der Waals surface area contributed by atoms with E-state index in [-0.39, 0.29) is 5.91 Å². The topological polar surface area (TPSA) is 42.0 Å². The van der Waals surface area contributed by atoms with Gasteiger partial charge in [0.15, 0.2) is 0 Å². The Morgan fingerprint density at radius 3 is 2.90 bits per heavy atom. The molecule has 0 aliphatic heterocycles. The number of hydrogen-bond acceptors (Lipinski definition) is 3. The molecule has 0 saturated heterocycles. The number of aromatic nitrogens is 1. The van der Waals surface area contributed by atoms with E-state index in [1.807, 2.05) is 36.4 Å². The van der Waals surface area contributed by atoms with Crippen LogP contribution >= 0.6 is 22.9 Å². The molecule has 3 aromatic rings. The number of nitrogens with zero attached hydrogens (tertiary/aromatic N) is 1. The summed E-state index contributed by atoms with van der Waals surface area (Å²) >= 11 is 7.28. The van der Waals surface area contributed by atoms with E-state index in [1.54, 1.807) is 18.3 Å². The maximum atomic E-state index is 12.0. The number of rotatable bonds is 3. The van der Waals surface area contributed by atoms with E-state index in [4.69, 9.17) is 11.6 Å². The average molecular weight is 315 g/mol. The van der Waals surface area contributed by atoms with Gasteiger partial charge < -0.3 is 5.32 Å². The summed E-state index contributed by atoms with van der Waals surface area (Å²) < 4.78 is 0.704. The summed E-state index contributed by atoms with van der Waals surface area (Å²) in [4.78, 5) is 17.2. The van der Waals surface area contributed by atoms with Crippen LogP contribution in [-0.2, 0) is 4.79 Å². The molecule has 2 heterocycles. The van der Waals surface area contributed by atoms with Crippen molar-refractivity contribution in [3.63, 3.8) is 0 Å². The number of pyridine rings is 1. The van der Waals surface area contributed by atoms with Gasteiger partial charge in [0.2, 0.25) is 5.91 Å². The van der Waals surface area contributed by atoms with E-state index in [2.05, 4.69) is 10.3 Å². The number of halogens is 1. The SMILES string of the molecule is O=C(/C=C/c1ccc(Cl)s1)Nc1cccc2ncccc12. The predicted octanol–water partition coefficient (Wildman–Crippen LogP) is 4.60. The molecule has 0 saturated carbocycles. The van der Waals surface area contributed by atoms with Crippen molar-refractivity contribution in [1.82, 2.24) is 4.98 Å². The molecule has 1 aromatic carbocycles. The number of nitrogens with one attached hydrogen (secondary N) is 1. The first kappa shape index (κ1) is 13.8. The molecule has 104 valence electrons. The van der Waals surface area contributed by atoms with Gasteiger partial charge >= 0.3 is 0 Å². The van der Waals surface area contributed by atoms with Gasteiger partial charge in [0.05, 0.1) is 15.5 Å². The minimum Gasteiger partial charge on any atom is -0.322 e. The first-order valence-corrected chi connectivity index (χ1v) is 7.50. The lowest BCUT2D eigenvalue weighted by Crippen LogP contribution is -2.08. The van der Waals surface area contributed by atoms with Crippen LogP contribution < -0.4 is 5.32 Å². The molecule has 0 unspecified atom stereocenters. The fourth-order valence-electron chi connectivity index (χ4n) is 1.96. The van der Waals surface area contributed by atoms with Crippen molar-refractivity contribution in [2.24, 2.45) is 0 Å². The summed E-state index contributed by atoms with van der Waals surface area (Å²) in [6.07, 6.45) is 4.97. The first-order chi connectivity index (χ1) is 10.2. The highest BCUT2D eigenvalue weighted by Gasteiger charge is 2.03. The van der Waals surface area contributed by atoms with Gasteiger partial charge in [-0.3, -0.25) is 9.78 Å². The normalized spacial score (nSPS) is 11.1. The predicted molar refractivity (Wildman–Crippen MR) is 88.7 cm³/mol. The Morgan fingerprint density at radius 1 is 1.19 bits per heavy atom. The molecular formula is C16H11ClN2OS. The molecule has 0 radical (unpaired) electrons. The summed E-state index contributed by atoms with van der Waals surface area (Å²) in [7, 11) is 0. The number of fused-ring (bicyclic) bond motifs is 1. The Morgan fingerprint density at radius 2 is 2.10 bits per heavy atom. The molecule has 0 spiro atoms. The van der Waals surface area contributed by atoms with E-state index < -0.39 is 0 Å². The quantitative estimate of drug-likeness (QED) is 0.718. The fraction of sp³-hybridized carbons (Fsp3) is 0. The van der Waals surface area contributed by atoms with Crippen molar-refractivity contribution < 1.29 is 4.79 Å². The van der Waals surface area contributed by atoms with E-state index in [0.717, 1.165) is 21.5 Å². The molecule has 0 fully saturated rings. The van der Waals surface area contributed by atoms with Crippen LogP contribution in [0.2, 0.25) is 4.34 Å². The lowest BCUT2D eigenvalue weighted by atomic mass is 10.2. The van der Waals surface area contributed by atoms with Crippen molar-refractivity contribution in [1.29, 1.82) is 0 Å². The van der Waals surface area contributed by atoms with Crippen molar-refractivity contribution in [2.45, 2.75) is 0 Å². The first-order valence-electron chi connectivity index (χ1n) is 6.30. The van der Waals surface area contributed by atoms with E-state index in [0.29, 0.717) is 4.34 Å². The van der Waals surface area contributed by atoms with Crippen LogP contribution in [0.4, 0.5) is 5.69 Å². The lowest BCUT2D eigenvalue weighted by Gasteiger charge is -2.05. The Hall–Kier alpha value is -2.17. The molecule has 21 heavy (non-hydrogen) atoms. The molecule has 0 bridgehead atoms. The maximum absolute atomic E-state index is 12.0. The molecule has 3 rings (SSSR count). The standard InChI is InChI=1S/C16H11ClN2OS/c17-15-8-6-11(21-15)7-9-16(20)19-14-5-1-4-13-12(14)3-2-10-18-13/h1-10H,(H,19,20)/b9-7+. The summed E-state index contributed by atoms with van der Waals surface area (Å²) in [6.45, 7) is 0. The highest BCUT2D eigenvalue weighted by atomic mass is 35.5. The number of carbonyl (C=O) groups excluding carboxylic acids is 1. The Kier molecular flexibility index (Phi) is 3.99. The van der Waals surface area contributed by atoms with Gasteiger partial charge in [0.25, 0.3) is 0 Å². The van der Waals surface area contributed by atoms with E-state index in [9.17, 15) is 4.79 Å². The molecule has 1 amide bonds. The molecule has 3 nitrogen and oxygen atoms in total. The monoisotopic (exact) mass is 314 g/mol. The summed E-state index contributed by atoms with van der Waals surface area (Å²) in [6, 6.07) is 13.1. The van der Waals surface area contributed by atoms with Crippen LogP contribution in [0.25, 0.3) is 17.0 Å². The molecule has 1 N–H and O–H groups in total. The Balaban J connectivity index is 1.79. The largest absolute Gasteiger partial charge is 0.322 e. The highest BCUT2D eigenvalue weighted by molar-refractivity contribution is 7.17. The second-order valence-electron chi connectivity index (χ2n) is 4.34. The number of benzene rings is 1. The third kappa shape index (κ3) is 3.29. The molecule has 0 aliphatic carbocycles. The van der Waals surface area contributed by atoms with Crippen LogP contribution in [0.5, 0.6) is 0 Å². The van der Waals surface area contributed by atoms with Gasteiger partial charge in [0.1, 0.15) is 0 Å². The maximum Gasteiger partial charge on any atom is 0.248 e. The van der Waals surface area contributed by atoms with Gasteiger partial charge in [-0.2, -0.15) is 0 Å². The van der Waals surface area contributed by atoms with E-state index in [1.165, 1.54) is 17.4 Å². The number of thiophene rings is 1. The van der Waals surface area contributed by atoms with Crippen LogP contribution in [0.1, 0.15) is 4.88 Å². The van der Waals surface area contributed by atoms with Gasteiger partial charge in [0, 0.05) is 22.5 Å².